The second-order valence-electron chi connectivity index (χ2n) is 4.92. The quantitative estimate of drug-likeness (QED) is 0.393. The molecule has 0 aliphatic heterocycles. The van der Waals surface area contributed by atoms with Crippen molar-refractivity contribution in [2.24, 2.45) is 4.99 Å². The number of halogens is 3. The van der Waals surface area contributed by atoms with Crippen molar-refractivity contribution < 1.29 is 13.5 Å². The lowest BCUT2D eigenvalue weighted by molar-refractivity contribution is 0.322. The first kappa shape index (κ1) is 21.1. The normalized spacial score (nSPS) is 10.8. The van der Waals surface area contributed by atoms with Crippen molar-refractivity contribution in [1.29, 1.82) is 0 Å². The molecule has 0 aliphatic carbocycles. The van der Waals surface area contributed by atoms with Crippen LogP contribution in [0.2, 0.25) is 0 Å². The second-order valence-corrected chi connectivity index (χ2v) is 4.92. The molecule has 2 N–H and O–H groups in total. The molecule has 5 nitrogen and oxygen atoms in total. The summed E-state index contributed by atoms with van der Waals surface area (Å²) >= 11 is 0. The van der Waals surface area contributed by atoms with Crippen LogP contribution in [0.4, 0.5) is 8.78 Å². The van der Waals surface area contributed by atoms with Crippen LogP contribution in [-0.2, 0) is 13.1 Å². The van der Waals surface area contributed by atoms with Gasteiger partial charge in [0.2, 0.25) is 5.88 Å². The summed E-state index contributed by atoms with van der Waals surface area (Å²) in [6, 6.07) is 7.06. The highest BCUT2D eigenvalue weighted by Crippen LogP contribution is 2.13. The van der Waals surface area contributed by atoms with Gasteiger partial charge in [-0.2, -0.15) is 0 Å². The van der Waals surface area contributed by atoms with Gasteiger partial charge in [0, 0.05) is 37.5 Å². The fourth-order valence-corrected chi connectivity index (χ4v) is 2.08. The number of hydrogen-bond acceptors (Lipinski definition) is 3. The number of rotatable bonds is 6. The van der Waals surface area contributed by atoms with E-state index < -0.39 is 11.6 Å². The van der Waals surface area contributed by atoms with Crippen LogP contribution in [-0.4, -0.2) is 24.6 Å². The molecule has 1 aromatic carbocycles. The maximum absolute atomic E-state index is 13.6. The van der Waals surface area contributed by atoms with E-state index in [1.165, 1.54) is 0 Å². The van der Waals surface area contributed by atoms with Crippen LogP contribution in [0.3, 0.4) is 0 Å². The van der Waals surface area contributed by atoms with Gasteiger partial charge in [-0.3, -0.25) is 4.99 Å². The molecule has 0 saturated carbocycles. The molecule has 136 valence electrons. The highest BCUT2D eigenvalue weighted by atomic mass is 127. The van der Waals surface area contributed by atoms with Gasteiger partial charge in [0.15, 0.2) is 5.96 Å². The lowest BCUT2D eigenvalue weighted by atomic mass is 10.2. The number of pyridine rings is 1. The number of nitrogens with zero attached hydrogens (tertiary/aromatic N) is 2. The molecule has 0 radical (unpaired) electrons. The number of nitrogens with one attached hydrogen (secondary N) is 2. The lowest BCUT2D eigenvalue weighted by Gasteiger charge is -2.14. The number of hydrogen-bond donors (Lipinski definition) is 2. The summed E-state index contributed by atoms with van der Waals surface area (Å²) in [5.41, 5.74) is 1.11. The van der Waals surface area contributed by atoms with Gasteiger partial charge in [-0.25, -0.2) is 13.8 Å². The van der Waals surface area contributed by atoms with Gasteiger partial charge in [0.05, 0.1) is 6.61 Å². The minimum absolute atomic E-state index is 0. The summed E-state index contributed by atoms with van der Waals surface area (Å²) in [5, 5.41) is 6.04. The largest absolute Gasteiger partial charge is 0.478 e. The zero-order valence-corrected chi connectivity index (χ0v) is 16.4. The van der Waals surface area contributed by atoms with Gasteiger partial charge in [-0.15, -0.1) is 24.0 Å². The van der Waals surface area contributed by atoms with Crippen LogP contribution in [0.25, 0.3) is 0 Å². The maximum atomic E-state index is 13.6. The van der Waals surface area contributed by atoms with Crippen molar-refractivity contribution in [3.8, 4) is 5.88 Å². The number of benzene rings is 1. The monoisotopic (exact) mass is 462 g/mol. The summed E-state index contributed by atoms with van der Waals surface area (Å²) < 4.78 is 32.3. The van der Waals surface area contributed by atoms with Crippen LogP contribution >= 0.6 is 24.0 Å². The fraction of sp³-hybridized carbons (Fsp3) is 0.294. The first-order valence-corrected chi connectivity index (χ1v) is 7.59. The second kappa shape index (κ2) is 10.8. The molecule has 2 aromatic rings. The highest BCUT2D eigenvalue weighted by Gasteiger charge is 2.07. The molecule has 25 heavy (non-hydrogen) atoms. The Hall–Kier alpha value is -1.97. The Morgan fingerprint density at radius 1 is 1.16 bits per heavy atom. The van der Waals surface area contributed by atoms with Crippen molar-refractivity contribution in [2.75, 3.05) is 13.7 Å². The molecule has 0 amide bonds. The molecule has 0 aliphatic rings. The van der Waals surface area contributed by atoms with E-state index in [9.17, 15) is 8.78 Å². The molecular formula is C17H21F2IN4O. The van der Waals surface area contributed by atoms with E-state index in [-0.39, 0.29) is 36.1 Å². The average molecular weight is 462 g/mol. The standard InChI is InChI=1S/C17H20F2N4O.HI/c1-3-24-16-12(5-4-8-21-16)10-22-17(20-2)23-11-13-9-14(18)6-7-15(13)19;/h4-9H,3,10-11H2,1-2H3,(H2,20,22,23);1H. The summed E-state index contributed by atoms with van der Waals surface area (Å²) in [6.45, 7) is 2.97. The molecule has 0 spiro atoms. The van der Waals surface area contributed by atoms with Crippen molar-refractivity contribution in [1.82, 2.24) is 15.6 Å². The molecule has 0 bridgehead atoms. The Morgan fingerprint density at radius 3 is 2.56 bits per heavy atom. The third kappa shape index (κ3) is 6.45. The Kier molecular flexibility index (Phi) is 9.11. The SMILES string of the molecule is CCOc1ncccc1CNC(=NC)NCc1cc(F)ccc1F.I. The topological polar surface area (TPSA) is 58.5 Å². The Morgan fingerprint density at radius 2 is 1.88 bits per heavy atom. The lowest BCUT2D eigenvalue weighted by Crippen LogP contribution is -2.36. The number of ether oxygens (including phenoxy) is 1. The zero-order valence-electron chi connectivity index (χ0n) is 14.1. The van der Waals surface area contributed by atoms with E-state index >= 15 is 0 Å². The first-order chi connectivity index (χ1) is 11.6. The molecule has 0 atom stereocenters. The predicted octanol–water partition coefficient (Wildman–Crippen LogP) is 3.24. The van der Waals surface area contributed by atoms with Crippen molar-refractivity contribution in [3.63, 3.8) is 0 Å². The Bertz CT molecular complexity index is 713. The van der Waals surface area contributed by atoms with Crippen molar-refractivity contribution in [2.45, 2.75) is 20.0 Å². The molecule has 2 rings (SSSR count). The molecule has 0 unspecified atom stereocenters. The molecular weight excluding hydrogens is 441 g/mol. The van der Waals surface area contributed by atoms with Gasteiger partial charge in [0.1, 0.15) is 11.6 Å². The van der Waals surface area contributed by atoms with Gasteiger partial charge in [-0.1, -0.05) is 6.07 Å². The van der Waals surface area contributed by atoms with E-state index in [0.29, 0.717) is 25.0 Å². The van der Waals surface area contributed by atoms with Gasteiger partial charge < -0.3 is 15.4 Å². The number of guanidine groups is 1. The third-order valence-electron chi connectivity index (χ3n) is 3.25. The van der Waals surface area contributed by atoms with Gasteiger partial charge >= 0.3 is 0 Å². The molecule has 8 heteroatoms. The molecule has 1 aromatic heterocycles. The molecule has 0 fully saturated rings. The smallest absolute Gasteiger partial charge is 0.218 e. The first-order valence-electron chi connectivity index (χ1n) is 7.59. The van der Waals surface area contributed by atoms with Crippen LogP contribution in [0, 0.1) is 11.6 Å². The Labute approximate surface area is 162 Å². The van der Waals surface area contributed by atoms with Crippen LogP contribution < -0.4 is 15.4 Å². The summed E-state index contributed by atoms with van der Waals surface area (Å²) in [7, 11) is 1.60. The minimum atomic E-state index is -0.479. The van der Waals surface area contributed by atoms with Crippen LogP contribution in [0.1, 0.15) is 18.1 Å². The molecule has 0 saturated heterocycles. The maximum Gasteiger partial charge on any atom is 0.218 e. The number of aliphatic imine (C=N–C) groups is 1. The predicted molar refractivity (Wildman–Crippen MR) is 104 cm³/mol. The van der Waals surface area contributed by atoms with Crippen LogP contribution in [0.15, 0.2) is 41.5 Å². The highest BCUT2D eigenvalue weighted by molar-refractivity contribution is 14.0. The Balaban J connectivity index is 0.00000312. The average Bonchev–Trinajstić information content (AvgIpc) is 2.59. The van der Waals surface area contributed by atoms with E-state index in [2.05, 4.69) is 20.6 Å². The van der Waals surface area contributed by atoms with Gasteiger partial charge in [-0.05, 0) is 31.2 Å². The van der Waals surface area contributed by atoms with Gasteiger partial charge in [0.25, 0.3) is 0 Å². The summed E-state index contributed by atoms with van der Waals surface area (Å²) in [6.07, 6.45) is 1.66. The minimum Gasteiger partial charge on any atom is -0.478 e. The fourth-order valence-electron chi connectivity index (χ4n) is 2.08. The summed E-state index contributed by atoms with van der Waals surface area (Å²) in [5.74, 6) is 0.0715. The summed E-state index contributed by atoms with van der Waals surface area (Å²) in [4.78, 5) is 8.24. The van der Waals surface area contributed by atoms with E-state index in [0.717, 1.165) is 23.8 Å². The van der Waals surface area contributed by atoms with E-state index in [4.69, 9.17) is 4.74 Å². The molecule has 1 heterocycles. The van der Waals surface area contributed by atoms with Crippen LogP contribution in [0.5, 0.6) is 5.88 Å². The van der Waals surface area contributed by atoms with E-state index in [1.54, 1.807) is 13.2 Å². The van der Waals surface area contributed by atoms with E-state index in [1.807, 2.05) is 19.1 Å². The zero-order chi connectivity index (χ0) is 17.4. The van der Waals surface area contributed by atoms with Crippen molar-refractivity contribution in [3.05, 3.63) is 59.3 Å². The van der Waals surface area contributed by atoms with Crippen molar-refractivity contribution >= 4 is 29.9 Å². The number of aromatic nitrogens is 1. The third-order valence-corrected chi connectivity index (χ3v) is 3.25.